The highest BCUT2D eigenvalue weighted by Gasteiger charge is 2.30. The van der Waals surface area contributed by atoms with Crippen LogP contribution in [0.3, 0.4) is 0 Å². The third-order valence-corrected chi connectivity index (χ3v) is 6.49. The summed E-state index contributed by atoms with van der Waals surface area (Å²) in [5.74, 6) is 2.33. The largest absolute Gasteiger partial charge is 0.508 e. The normalized spacial score (nSPS) is 18.2. The summed E-state index contributed by atoms with van der Waals surface area (Å²) in [6.45, 7) is 4.77. The lowest BCUT2D eigenvalue weighted by molar-refractivity contribution is 0.0668. The van der Waals surface area contributed by atoms with Gasteiger partial charge in [0.25, 0.3) is 0 Å². The second-order valence-corrected chi connectivity index (χ2v) is 8.89. The van der Waals surface area contributed by atoms with Gasteiger partial charge in [-0.2, -0.15) is 0 Å². The molecule has 0 unspecified atom stereocenters. The second-order valence-electron chi connectivity index (χ2n) is 8.89. The smallest absolute Gasteiger partial charge is 0.150 e. The summed E-state index contributed by atoms with van der Waals surface area (Å²) in [6.07, 6.45) is 1.40. The molecule has 1 fully saturated rings. The maximum atomic E-state index is 12.6. The van der Waals surface area contributed by atoms with Crippen molar-refractivity contribution in [2.75, 3.05) is 38.6 Å². The van der Waals surface area contributed by atoms with Crippen molar-refractivity contribution < 1.29 is 19.0 Å². The summed E-state index contributed by atoms with van der Waals surface area (Å²) in [5, 5.41) is 10.0. The highest BCUT2D eigenvalue weighted by Crippen LogP contribution is 2.47. The number of benzene rings is 2. The van der Waals surface area contributed by atoms with Gasteiger partial charge in [0.1, 0.15) is 35.8 Å². The molecular weight excluding hydrogens is 433 g/mol. The van der Waals surface area contributed by atoms with Crippen molar-refractivity contribution in [3.8, 4) is 17.2 Å². The molecule has 0 bridgehead atoms. The van der Waals surface area contributed by atoms with E-state index in [0.29, 0.717) is 18.2 Å². The van der Waals surface area contributed by atoms with E-state index in [0.717, 1.165) is 53.2 Å². The number of hydrogen-bond donors (Lipinski definition) is 2. The van der Waals surface area contributed by atoms with Crippen LogP contribution in [0.25, 0.3) is 11.1 Å². The number of pyridine rings is 1. The van der Waals surface area contributed by atoms with Crippen LogP contribution in [0.5, 0.6) is 17.2 Å². The summed E-state index contributed by atoms with van der Waals surface area (Å²) >= 11 is 0. The molecule has 0 aliphatic carbocycles. The number of alkyl halides is 1. The fourth-order valence-electron chi connectivity index (χ4n) is 4.60. The van der Waals surface area contributed by atoms with Crippen molar-refractivity contribution in [1.29, 1.82) is 0 Å². The summed E-state index contributed by atoms with van der Waals surface area (Å²) in [7, 11) is 0. The predicted molar refractivity (Wildman–Crippen MR) is 130 cm³/mol. The molecule has 0 radical (unpaired) electrons. The molecule has 1 aromatic heterocycles. The monoisotopic (exact) mass is 461 g/mol. The lowest BCUT2D eigenvalue weighted by atomic mass is 9.86. The van der Waals surface area contributed by atoms with E-state index in [-0.39, 0.29) is 24.4 Å². The first-order valence-corrected chi connectivity index (χ1v) is 11.5. The number of fused-ring (bicyclic) bond motifs is 1. The molecule has 2 aliphatic heterocycles. The Morgan fingerprint density at radius 2 is 1.94 bits per heavy atom. The van der Waals surface area contributed by atoms with Crippen LogP contribution in [0, 0.1) is 5.92 Å². The molecular formula is C27H28FN3O3. The number of rotatable bonds is 7. The van der Waals surface area contributed by atoms with Gasteiger partial charge in [-0.25, -0.2) is 4.98 Å². The lowest BCUT2D eigenvalue weighted by Crippen LogP contribution is -2.49. The number of anilines is 1. The number of likely N-dealkylation sites (tertiary alicyclic amines) is 1. The zero-order valence-corrected chi connectivity index (χ0v) is 19.1. The van der Waals surface area contributed by atoms with Gasteiger partial charge in [0.05, 0.1) is 6.67 Å². The van der Waals surface area contributed by atoms with Crippen LogP contribution in [0.4, 0.5) is 10.2 Å². The highest BCUT2D eigenvalue weighted by atomic mass is 19.1. The predicted octanol–water partition coefficient (Wildman–Crippen LogP) is 4.71. The number of ether oxygens (including phenoxy) is 2. The van der Waals surface area contributed by atoms with Gasteiger partial charge >= 0.3 is 0 Å². The number of hydrogen-bond acceptors (Lipinski definition) is 6. The number of nitrogen functional groups attached to an aromatic ring is 1. The maximum Gasteiger partial charge on any atom is 0.150 e. The Morgan fingerprint density at radius 1 is 1.15 bits per heavy atom. The number of aromatic nitrogens is 1. The molecule has 176 valence electrons. The topological polar surface area (TPSA) is 80.8 Å². The van der Waals surface area contributed by atoms with Crippen LogP contribution in [0.15, 0.2) is 60.8 Å². The summed E-state index contributed by atoms with van der Waals surface area (Å²) in [5.41, 5.74) is 10.5. The minimum Gasteiger partial charge on any atom is -0.508 e. The Balaban J connectivity index is 1.37. The maximum absolute atomic E-state index is 12.6. The van der Waals surface area contributed by atoms with Crippen LogP contribution in [0.2, 0.25) is 0 Å². The molecule has 0 saturated carbocycles. The van der Waals surface area contributed by atoms with Crippen molar-refractivity contribution in [2.45, 2.75) is 13.0 Å². The number of halogens is 1. The first kappa shape index (κ1) is 22.2. The molecule has 1 saturated heterocycles. The molecule has 7 heteroatoms. The number of nitrogens with two attached hydrogens (primary N) is 1. The van der Waals surface area contributed by atoms with Gasteiger partial charge in [-0.1, -0.05) is 12.1 Å². The van der Waals surface area contributed by atoms with E-state index in [4.69, 9.17) is 15.2 Å². The van der Waals surface area contributed by atoms with E-state index in [1.54, 1.807) is 30.5 Å². The van der Waals surface area contributed by atoms with Crippen molar-refractivity contribution in [3.05, 3.63) is 77.5 Å². The van der Waals surface area contributed by atoms with Gasteiger partial charge in [0.15, 0.2) is 0 Å². The van der Waals surface area contributed by atoms with Crippen molar-refractivity contribution in [2.24, 2.45) is 5.92 Å². The van der Waals surface area contributed by atoms with Gasteiger partial charge < -0.3 is 20.3 Å². The molecule has 5 rings (SSSR count). The lowest BCUT2D eigenvalue weighted by Gasteiger charge is -2.37. The highest BCUT2D eigenvalue weighted by molar-refractivity contribution is 5.95. The second kappa shape index (κ2) is 9.35. The molecule has 0 spiro atoms. The molecule has 3 aromatic rings. The molecule has 2 aliphatic rings. The first-order chi connectivity index (χ1) is 16.5. The fourth-order valence-corrected chi connectivity index (χ4v) is 4.60. The number of allylic oxidation sites excluding steroid dienone is 1. The van der Waals surface area contributed by atoms with E-state index in [1.807, 2.05) is 37.3 Å². The Bertz CT molecular complexity index is 1190. The Morgan fingerprint density at radius 3 is 2.65 bits per heavy atom. The van der Waals surface area contributed by atoms with E-state index in [1.165, 1.54) is 0 Å². The number of phenols is 1. The van der Waals surface area contributed by atoms with Crippen molar-refractivity contribution in [3.63, 3.8) is 0 Å². The quantitative estimate of drug-likeness (QED) is 0.530. The Hall–Kier alpha value is -3.58. The average Bonchev–Trinajstić information content (AvgIpc) is 2.82. The van der Waals surface area contributed by atoms with E-state index in [2.05, 4.69) is 9.88 Å². The third kappa shape index (κ3) is 4.43. The number of aromatic hydroxyl groups is 1. The van der Waals surface area contributed by atoms with Crippen molar-refractivity contribution in [1.82, 2.24) is 9.88 Å². The summed E-state index contributed by atoms with van der Waals surface area (Å²) < 4.78 is 24.9. The minimum absolute atomic E-state index is 0.186. The minimum atomic E-state index is -0.352. The van der Waals surface area contributed by atoms with Gasteiger partial charge in [0, 0.05) is 48.4 Å². The zero-order chi connectivity index (χ0) is 23.7. The molecule has 34 heavy (non-hydrogen) atoms. The molecule has 0 amide bonds. The molecule has 3 heterocycles. The van der Waals surface area contributed by atoms with Crippen LogP contribution in [0.1, 0.15) is 29.7 Å². The SMILES string of the molecule is CC1=C(c2ccc(N)nc2)[C@H](c2ccc(OCCN3CC(CF)C3)cc2)Oc2ccc(O)cc21. The van der Waals surface area contributed by atoms with Crippen LogP contribution in [-0.2, 0) is 0 Å². The first-order valence-electron chi connectivity index (χ1n) is 11.5. The molecule has 3 N–H and O–H groups in total. The number of nitrogens with zero attached hydrogens (tertiary/aromatic N) is 2. The third-order valence-electron chi connectivity index (χ3n) is 6.49. The molecule has 6 nitrogen and oxygen atoms in total. The number of phenolic OH excluding ortho intramolecular Hbond substituents is 1. The van der Waals surface area contributed by atoms with Gasteiger partial charge in [-0.05, 0) is 60.5 Å². The zero-order valence-electron chi connectivity index (χ0n) is 19.1. The van der Waals surface area contributed by atoms with E-state index >= 15 is 0 Å². The average molecular weight is 462 g/mol. The van der Waals surface area contributed by atoms with E-state index in [9.17, 15) is 9.50 Å². The standard InChI is InChI=1S/C27H28FN3O3/c1-17-23-12-21(32)5-8-24(23)34-27(26(17)20-4-9-25(29)30-14-20)19-2-6-22(7-3-19)33-11-10-31-15-18(13-28)16-31/h2-9,12,14,18,27,32H,10-11,13,15-16H2,1H3,(H2,29,30)/t27-/m0/s1. The Labute approximate surface area is 198 Å². The van der Waals surface area contributed by atoms with E-state index < -0.39 is 0 Å². The molecule has 2 aromatic carbocycles. The van der Waals surface area contributed by atoms with Crippen LogP contribution in [-0.4, -0.2) is 47.9 Å². The van der Waals surface area contributed by atoms with Gasteiger partial charge in [0.2, 0.25) is 0 Å². The van der Waals surface area contributed by atoms with Gasteiger partial charge in [-0.3, -0.25) is 9.29 Å². The summed E-state index contributed by atoms with van der Waals surface area (Å²) in [4.78, 5) is 6.47. The van der Waals surface area contributed by atoms with Crippen molar-refractivity contribution >= 4 is 17.0 Å². The molecule has 1 atom stereocenters. The van der Waals surface area contributed by atoms with Crippen LogP contribution >= 0.6 is 0 Å². The summed E-state index contributed by atoms with van der Waals surface area (Å²) in [6, 6.07) is 16.7. The van der Waals surface area contributed by atoms with Gasteiger partial charge in [-0.15, -0.1) is 0 Å². The Kier molecular flexibility index (Phi) is 6.11. The fraction of sp³-hybridized carbons (Fsp3) is 0.296. The van der Waals surface area contributed by atoms with Crippen LogP contribution < -0.4 is 15.2 Å².